The Bertz CT molecular complexity index is 896. The van der Waals surface area contributed by atoms with E-state index in [9.17, 15) is 4.79 Å². The molecule has 1 fully saturated rings. The smallest absolute Gasteiger partial charge is 0.450 e. The van der Waals surface area contributed by atoms with Crippen molar-refractivity contribution in [1.29, 1.82) is 0 Å². The molecule has 1 aliphatic rings. The highest BCUT2D eigenvalue weighted by atomic mass is 35.5. The maximum atomic E-state index is 10.8. The Morgan fingerprint density at radius 2 is 1.97 bits per heavy atom. The average Bonchev–Trinajstić information content (AvgIpc) is 3.12. The summed E-state index contributed by atoms with van der Waals surface area (Å²) in [4.78, 5) is 12.9. The van der Waals surface area contributed by atoms with Crippen LogP contribution >= 0.6 is 23.2 Å². The molecule has 0 bridgehead atoms. The number of aryl methyl sites for hydroxylation is 2. The third-order valence-corrected chi connectivity index (χ3v) is 6.51. The summed E-state index contributed by atoms with van der Waals surface area (Å²) in [7, 11) is 0. The fourth-order valence-electron chi connectivity index (χ4n) is 4.01. The van der Waals surface area contributed by atoms with Gasteiger partial charge in [0.05, 0.1) is 6.04 Å². The molecule has 2 aromatic carbocycles. The molecule has 1 heterocycles. The Morgan fingerprint density at radius 3 is 2.60 bits per heavy atom. The molecule has 7 heteroatoms. The summed E-state index contributed by atoms with van der Waals surface area (Å²) in [6.07, 6.45) is 0.140. The van der Waals surface area contributed by atoms with Crippen LogP contribution in [0.1, 0.15) is 48.1 Å². The summed E-state index contributed by atoms with van der Waals surface area (Å²) in [6.45, 7) is 8.24. The number of carboxylic acid groups (broad SMARTS) is 1. The summed E-state index contributed by atoms with van der Waals surface area (Å²) in [5.41, 5.74) is 5.38. The molecule has 0 radical (unpaired) electrons. The van der Waals surface area contributed by atoms with Crippen LogP contribution in [0, 0.1) is 13.8 Å². The van der Waals surface area contributed by atoms with E-state index in [1.54, 1.807) is 0 Å². The Hall–Kier alpha value is -1.95. The van der Waals surface area contributed by atoms with Gasteiger partial charge in [-0.2, -0.15) is 0 Å². The monoisotopic (exact) mass is 450 g/mol. The number of ether oxygens (including phenoxy) is 1. The Labute approximate surface area is 187 Å². The number of carbonyl (C=O) groups is 1. The first-order chi connectivity index (χ1) is 14.3. The van der Waals surface area contributed by atoms with Crippen LogP contribution in [0.4, 0.5) is 10.5 Å². The van der Waals surface area contributed by atoms with Crippen molar-refractivity contribution in [3.05, 3.63) is 62.6 Å². The maximum absolute atomic E-state index is 10.8. The highest BCUT2D eigenvalue weighted by Crippen LogP contribution is 2.31. The van der Waals surface area contributed by atoms with Crippen LogP contribution in [0.25, 0.3) is 0 Å². The molecule has 2 N–H and O–H groups in total. The van der Waals surface area contributed by atoms with Gasteiger partial charge in [-0.25, -0.2) is 4.79 Å². The number of halogens is 2. The van der Waals surface area contributed by atoms with Gasteiger partial charge in [0.15, 0.2) is 0 Å². The quantitative estimate of drug-likeness (QED) is 0.474. The van der Waals surface area contributed by atoms with E-state index in [1.807, 2.05) is 26.0 Å². The number of anilines is 1. The predicted molar refractivity (Wildman–Crippen MR) is 122 cm³/mol. The third kappa shape index (κ3) is 5.60. The average molecular weight is 451 g/mol. The Morgan fingerprint density at radius 1 is 1.27 bits per heavy atom. The second-order valence-corrected chi connectivity index (χ2v) is 8.69. The lowest BCUT2D eigenvalue weighted by Crippen LogP contribution is -2.24. The largest absolute Gasteiger partial charge is 0.506 e. The van der Waals surface area contributed by atoms with Crippen LogP contribution in [-0.2, 0) is 11.3 Å². The first kappa shape index (κ1) is 22.7. The molecule has 0 aromatic heterocycles. The van der Waals surface area contributed by atoms with E-state index in [-0.39, 0.29) is 12.1 Å². The molecule has 1 saturated heterocycles. The summed E-state index contributed by atoms with van der Waals surface area (Å²) in [5, 5.41) is 13.9. The van der Waals surface area contributed by atoms with Crippen molar-refractivity contribution in [3.63, 3.8) is 0 Å². The van der Waals surface area contributed by atoms with Gasteiger partial charge in [-0.15, -0.1) is 0 Å². The van der Waals surface area contributed by atoms with Crippen LogP contribution < -0.4 is 5.32 Å². The summed E-state index contributed by atoms with van der Waals surface area (Å²) in [5.74, 6) is 0. The van der Waals surface area contributed by atoms with Crippen LogP contribution in [0.2, 0.25) is 10.0 Å². The van der Waals surface area contributed by atoms with Crippen LogP contribution in [0.5, 0.6) is 0 Å². The van der Waals surface area contributed by atoms with Gasteiger partial charge in [0.2, 0.25) is 0 Å². The highest BCUT2D eigenvalue weighted by Gasteiger charge is 2.26. The summed E-state index contributed by atoms with van der Waals surface area (Å²) < 4.78 is 4.90. The summed E-state index contributed by atoms with van der Waals surface area (Å²) >= 11 is 12.8. The second kappa shape index (κ2) is 9.90. The van der Waals surface area contributed by atoms with Crippen molar-refractivity contribution >= 4 is 35.0 Å². The zero-order chi connectivity index (χ0) is 21.8. The van der Waals surface area contributed by atoms with Gasteiger partial charge in [0.1, 0.15) is 6.10 Å². The number of nitrogens with one attached hydrogen (secondary N) is 1. The molecule has 3 rings (SSSR count). The SMILES string of the molecule is CC[C@@H](Nc1ccc(Cl)c(CN2CC[C@@H](OC(=O)O)C2)c1)c1cc(C)c(Cl)c(C)c1. The van der Waals surface area contributed by atoms with Crippen LogP contribution in [0.15, 0.2) is 30.3 Å². The van der Waals surface area contributed by atoms with Crippen molar-refractivity contribution in [3.8, 4) is 0 Å². The normalized spacial score (nSPS) is 17.7. The van der Waals surface area contributed by atoms with E-state index in [2.05, 4.69) is 35.3 Å². The van der Waals surface area contributed by atoms with Crippen molar-refractivity contribution < 1.29 is 14.6 Å². The minimum absolute atomic E-state index is 0.161. The van der Waals surface area contributed by atoms with Gasteiger partial charge in [-0.05, 0) is 67.1 Å². The van der Waals surface area contributed by atoms with Crippen molar-refractivity contribution in [2.45, 2.75) is 52.3 Å². The molecule has 0 aliphatic carbocycles. The molecule has 30 heavy (non-hydrogen) atoms. The molecular formula is C23H28Cl2N2O3. The number of rotatable bonds is 7. The van der Waals surface area contributed by atoms with E-state index in [4.69, 9.17) is 33.0 Å². The molecule has 2 atom stereocenters. The van der Waals surface area contributed by atoms with Crippen molar-refractivity contribution in [2.75, 3.05) is 18.4 Å². The van der Waals surface area contributed by atoms with Gasteiger partial charge in [-0.1, -0.05) is 42.3 Å². The van der Waals surface area contributed by atoms with Crippen molar-refractivity contribution in [1.82, 2.24) is 4.90 Å². The lowest BCUT2D eigenvalue weighted by molar-refractivity contribution is 0.0548. The van der Waals surface area contributed by atoms with Gasteiger partial charge in [0, 0.05) is 35.4 Å². The number of likely N-dealkylation sites (tertiary alicyclic amines) is 1. The van der Waals surface area contributed by atoms with E-state index in [1.165, 1.54) is 5.56 Å². The maximum Gasteiger partial charge on any atom is 0.506 e. The number of hydrogen-bond acceptors (Lipinski definition) is 4. The minimum Gasteiger partial charge on any atom is -0.450 e. The molecule has 1 aliphatic heterocycles. The topological polar surface area (TPSA) is 61.8 Å². The fraction of sp³-hybridized carbons (Fsp3) is 0.435. The van der Waals surface area contributed by atoms with Gasteiger partial charge in [-0.3, -0.25) is 4.90 Å². The van der Waals surface area contributed by atoms with E-state index in [0.717, 1.165) is 40.4 Å². The minimum atomic E-state index is -1.22. The molecular weight excluding hydrogens is 423 g/mol. The number of benzene rings is 2. The molecule has 0 amide bonds. The van der Waals surface area contributed by atoms with Crippen LogP contribution in [0.3, 0.4) is 0 Å². The van der Waals surface area contributed by atoms with Gasteiger partial charge < -0.3 is 15.2 Å². The van der Waals surface area contributed by atoms with E-state index >= 15 is 0 Å². The Kier molecular flexibility index (Phi) is 7.50. The lowest BCUT2D eigenvalue weighted by Gasteiger charge is -2.22. The predicted octanol–water partition coefficient (Wildman–Crippen LogP) is 6.44. The van der Waals surface area contributed by atoms with Crippen LogP contribution in [-0.4, -0.2) is 35.4 Å². The standard InChI is InChI=1S/C23H28Cl2N2O3/c1-4-21(16-9-14(2)22(25)15(3)10-16)26-18-5-6-20(24)17(11-18)12-27-8-7-19(13-27)30-23(28)29/h5-6,9-11,19,21,26H,4,7-8,12-13H2,1-3H3,(H,28,29)/t19-,21-/m1/s1. The number of nitrogens with zero attached hydrogens (tertiary/aromatic N) is 1. The fourth-order valence-corrected chi connectivity index (χ4v) is 4.30. The second-order valence-electron chi connectivity index (χ2n) is 7.91. The van der Waals surface area contributed by atoms with Crippen molar-refractivity contribution in [2.24, 2.45) is 0 Å². The molecule has 5 nitrogen and oxygen atoms in total. The molecule has 2 aromatic rings. The Balaban J connectivity index is 1.72. The summed E-state index contributed by atoms with van der Waals surface area (Å²) in [6, 6.07) is 10.4. The first-order valence-electron chi connectivity index (χ1n) is 10.2. The zero-order valence-corrected chi connectivity index (χ0v) is 19.1. The lowest BCUT2D eigenvalue weighted by atomic mass is 9.99. The van der Waals surface area contributed by atoms with E-state index < -0.39 is 6.16 Å². The number of hydrogen-bond donors (Lipinski definition) is 2. The van der Waals surface area contributed by atoms with E-state index in [0.29, 0.717) is 24.5 Å². The molecule has 0 unspecified atom stereocenters. The molecule has 0 saturated carbocycles. The zero-order valence-electron chi connectivity index (χ0n) is 17.5. The highest BCUT2D eigenvalue weighted by molar-refractivity contribution is 6.32. The van der Waals surface area contributed by atoms with Gasteiger partial charge in [0.25, 0.3) is 0 Å². The third-order valence-electron chi connectivity index (χ3n) is 5.55. The molecule has 0 spiro atoms. The first-order valence-corrected chi connectivity index (χ1v) is 11.0. The van der Waals surface area contributed by atoms with Gasteiger partial charge >= 0.3 is 6.16 Å². The molecule has 162 valence electrons.